The maximum atomic E-state index is 8.62. The number of unbranched alkanes of at least 4 members (excludes halogenated alkanes) is 12. The van der Waals surface area contributed by atoms with Crippen LogP contribution in [0.15, 0.2) is 0 Å². The number of aliphatic hydroxyl groups is 1. The quantitative estimate of drug-likeness (QED) is 0.266. The molecule has 0 heterocycles. The maximum absolute atomic E-state index is 8.62. The van der Waals surface area contributed by atoms with Crippen LogP contribution in [0.4, 0.5) is 0 Å². The molecular formula is C20H42O2S. The molecule has 0 saturated heterocycles. The second-order valence-electron chi connectivity index (χ2n) is 6.54. The van der Waals surface area contributed by atoms with Crippen LogP contribution in [-0.4, -0.2) is 36.4 Å². The van der Waals surface area contributed by atoms with E-state index in [1.807, 2.05) is 11.8 Å². The first kappa shape index (κ1) is 23.3. The first-order chi connectivity index (χ1) is 11.4. The van der Waals surface area contributed by atoms with Gasteiger partial charge in [-0.3, -0.25) is 0 Å². The number of rotatable bonds is 20. The second-order valence-corrected chi connectivity index (χ2v) is 7.77. The standard InChI is InChI=1S/C20H42O2S/c1-2-3-4-5-6-7-8-9-10-11-12-13-14-19-23-20-18-22-17-15-16-21/h21H,2-20H2,1H3. The highest BCUT2D eigenvalue weighted by molar-refractivity contribution is 7.99. The van der Waals surface area contributed by atoms with Crippen LogP contribution in [0.5, 0.6) is 0 Å². The van der Waals surface area contributed by atoms with Gasteiger partial charge in [-0.15, -0.1) is 0 Å². The Balaban J connectivity index is 2.92. The molecule has 0 aliphatic carbocycles. The SMILES string of the molecule is CCCCCCCCCCCCCCCSCCOCCCO. The predicted octanol–water partition coefficient (Wildman–Crippen LogP) is 6.21. The number of hydrogen-bond donors (Lipinski definition) is 1. The molecule has 0 bridgehead atoms. The van der Waals surface area contributed by atoms with Gasteiger partial charge >= 0.3 is 0 Å². The fourth-order valence-corrected chi connectivity index (χ4v) is 3.56. The summed E-state index contributed by atoms with van der Waals surface area (Å²) in [4.78, 5) is 0. The van der Waals surface area contributed by atoms with Crippen LogP contribution in [0.1, 0.15) is 96.8 Å². The van der Waals surface area contributed by atoms with Crippen molar-refractivity contribution in [2.45, 2.75) is 96.8 Å². The van der Waals surface area contributed by atoms with Gasteiger partial charge in [-0.2, -0.15) is 11.8 Å². The fraction of sp³-hybridized carbons (Fsp3) is 1.00. The first-order valence-electron chi connectivity index (χ1n) is 10.2. The zero-order chi connectivity index (χ0) is 16.8. The summed E-state index contributed by atoms with van der Waals surface area (Å²) in [6.07, 6.45) is 19.3. The Morgan fingerprint density at radius 1 is 0.609 bits per heavy atom. The van der Waals surface area contributed by atoms with Crippen LogP contribution in [0, 0.1) is 0 Å². The number of hydrogen-bond acceptors (Lipinski definition) is 3. The van der Waals surface area contributed by atoms with Gasteiger partial charge in [0.1, 0.15) is 0 Å². The highest BCUT2D eigenvalue weighted by Crippen LogP contribution is 2.13. The van der Waals surface area contributed by atoms with Gasteiger partial charge in [0.2, 0.25) is 0 Å². The molecule has 140 valence electrons. The topological polar surface area (TPSA) is 29.5 Å². The lowest BCUT2D eigenvalue weighted by Crippen LogP contribution is -2.01. The van der Waals surface area contributed by atoms with Crippen molar-refractivity contribution in [3.05, 3.63) is 0 Å². The van der Waals surface area contributed by atoms with E-state index in [2.05, 4.69) is 6.92 Å². The van der Waals surface area contributed by atoms with Crippen molar-refractivity contribution < 1.29 is 9.84 Å². The summed E-state index contributed by atoms with van der Waals surface area (Å²) in [5, 5.41) is 8.62. The molecule has 0 aromatic carbocycles. The van der Waals surface area contributed by atoms with Crippen molar-refractivity contribution in [1.29, 1.82) is 0 Å². The van der Waals surface area contributed by atoms with Gasteiger partial charge in [0.05, 0.1) is 6.61 Å². The molecular weight excluding hydrogens is 304 g/mol. The van der Waals surface area contributed by atoms with Crippen LogP contribution >= 0.6 is 11.8 Å². The summed E-state index contributed by atoms with van der Waals surface area (Å²) in [6, 6.07) is 0. The van der Waals surface area contributed by atoms with Crippen molar-refractivity contribution in [3.63, 3.8) is 0 Å². The molecule has 0 rings (SSSR count). The Labute approximate surface area is 150 Å². The monoisotopic (exact) mass is 346 g/mol. The molecule has 0 aliphatic heterocycles. The minimum Gasteiger partial charge on any atom is -0.396 e. The Morgan fingerprint density at radius 2 is 1.13 bits per heavy atom. The number of aliphatic hydroxyl groups excluding tert-OH is 1. The molecule has 0 fully saturated rings. The van der Waals surface area contributed by atoms with Gasteiger partial charge in [0, 0.05) is 19.0 Å². The summed E-state index contributed by atoms with van der Waals surface area (Å²) in [6.45, 7) is 4.07. The zero-order valence-electron chi connectivity index (χ0n) is 15.7. The van der Waals surface area contributed by atoms with Crippen LogP contribution in [-0.2, 0) is 4.74 Å². The molecule has 0 radical (unpaired) electrons. The van der Waals surface area contributed by atoms with Gasteiger partial charge in [-0.25, -0.2) is 0 Å². The molecule has 1 N–H and O–H groups in total. The minimum absolute atomic E-state index is 0.242. The number of thioether (sulfide) groups is 1. The van der Waals surface area contributed by atoms with Gasteiger partial charge in [-0.05, 0) is 18.6 Å². The van der Waals surface area contributed by atoms with E-state index >= 15 is 0 Å². The summed E-state index contributed by atoms with van der Waals surface area (Å²) in [5.41, 5.74) is 0. The third kappa shape index (κ3) is 22.3. The Hall–Kier alpha value is 0.270. The average molecular weight is 347 g/mol. The summed E-state index contributed by atoms with van der Waals surface area (Å²) in [5.74, 6) is 2.38. The minimum atomic E-state index is 0.242. The van der Waals surface area contributed by atoms with Crippen molar-refractivity contribution in [2.75, 3.05) is 31.3 Å². The maximum Gasteiger partial charge on any atom is 0.0556 e. The van der Waals surface area contributed by atoms with Gasteiger partial charge < -0.3 is 9.84 Å². The summed E-state index contributed by atoms with van der Waals surface area (Å²) in [7, 11) is 0. The summed E-state index contributed by atoms with van der Waals surface area (Å²) >= 11 is 2.01. The van der Waals surface area contributed by atoms with Gasteiger partial charge in [0.15, 0.2) is 0 Å². The number of ether oxygens (including phenoxy) is 1. The lowest BCUT2D eigenvalue weighted by molar-refractivity contribution is 0.129. The Kier molecular flexibility index (Phi) is 22.5. The van der Waals surface area contributed by atoms with Crippen LogP contribution in [0.2, 0.25) is 0 Å². The van der Waals surface area contributed by atoms with Crippen molar-refractivity contribution in [1.82, 2.24) is 0 Å². The second kappa shape index (κ2) is 22.3. The van der Waals surface area contributed by atoms with Crippen molar-refractivity contribution in [3.8, 4) is 0 Å². The van der Waals surface area contributed by atoms with Crippen molar-refractivity contribution >= 4 is 11.8 Å². The van der Waals surface area contributed by atoms with Crippen LogP contribution in [0.25, 0.3) is 0 Å². The average Bonchev–Trinajstić information content (AvgIpc) is 2.57. The van der Waals surface area contributed by atoms with E-state index in [0.717, 1.165) is 18.8 Å². The molecule has 23 heavy (non-hydrogen) atoms. The largest absolute Gasteiger partial charge is 0.396 e. The van der Waals surface area contributed by atoms with Crippen molar-refractivity contribution in [2.24, 2.45) is 0 Å². The Bertz CT molecular complexity index is 180. The van der Waals surface area contributed by atoms with E-state index in [1.165, 1.54) is 89.2 Å². The molecule has 0 amide bonds. The molecule has 0 unspecified atom stereocenters. The van der Waals surface area contributed by atoms with Crippen LogP contribution in [0.3, 0.4) is 0 Å². The molecule has 0 spiro atoms. The van der Waals surface area contributed by atoms with E-state index in [0.29, 0.717) is 6.61 Å². The third-order valence-corrected chi connectivity index (χ3v) is 5.24. The predicted molar refractivity (Wildman–Crippen MR) is 106 cm³/mol. The smallest absolute Gasteiger partial charge is 0.0556 e. The molecule has 2 nitrogen and oxygen atoms in total. The Morgan fingerprint density at radius 3 is 1.65 bits per heavy atom. The lowest BCUT2D eigenvalue weighted by atomic mass is 10.1. The third-order valence-electron chi connectivity index (χ3n) is 4.21. The molecule has 0 aromatic rings. The van der Waals surface area contributed by atoms with E-state index in [9.17, 15) is 0 Å². The normalized spacial score (nSPS) is 11.2. The lowest BCUT2D eigenvalue weighted by Gasteiger charge is -2.04. The van der Waals surface area contributed by atoms with Crippen LogP contribution < -0.4 is 0 Å². The molecule has 3 heteroatoms. The highest BCUT2D eigenvalue weighted by atomic mass is 32.2. The summed E-state index contributed by atoms with van der Waals surface area (Å²) < 4.78 is 5.41. The first-order valence-corrected chi connectivity index (χ1v) is 11.3. The van der Waals surface area contributed by atoms with E-state index in [-0.39, 0.29) is 6.61 Å². The van der Waals surface area contributed by atoms with Gasteiger partial charge in [0.25, 0.3) is 0 Å². The molecule has 0 aromatic heterocycles. The zero-order valence-corrected chi connectivity index (χ0v) is 16.5. The fourth-order valence-electron chi connectivity index (χ4n) is 2.71. The van der Waals surface area contributed by atoms with E-state index < -0.39 is 0 Å². The molecule has 0 aliphatic rings. The molecule has 0 atom stereocenters. The van der Waals surface area contributed by atoms with Gasteiger partial charge in [-0.1, -0.05) is 84.0 Å². The van der Waals surface area contributed by atoms with E-state index in [1.54, 1.807) is 0 Å². The van der Waals surface area contributed by atoms with E-state index in [4.69, 9.17) is 9.84 Å². The highest BCUT2D eigenvalue weighted by Gasteiger charge is 1.95. The molecule has 0 saturated carbocycles.